The second kappa shape index (κ2) is 8.13. The molecule has 1 aromatic carbocycles. The molecule has 0 spiro atoms. The predicted molar refractivity (Wildman–Crippen MR) is 102 cm³/mol. The van der Waals surface area contributed by atoms with Crippen molar-refractivity contribution in [1.82, 2.24) is 20.3 Å². The molecule has 7 heteroatoms. The molecule has 1 N–H and O–H groups in total. The summed E-state index contributed by atoms with van der Waals surface area (Å²) < 4.78 is 10.8. The van der Waals surface area contributed by atoms with Crippen molar-refractivity contribution < 1.29 is 13.9 Å². The molecular formula is C21H16N4O3. The monoisotopic (exact) mass is 372 g/mol. The first kappa shape index (κ1) is 17.4. The number of furan rings is 1. The topological polar surface area (TPSA) is 90.1 Å². The molecule has 0 atom stereocenters. The summed E-state index contributed by atoms with van der Waals surface area (Å²) in [4.78, 5) is 25.3. The third-order valence-corrected chi connectivity index (χ3v) is 3.94. The van der Waals surface area contributed by atoms with Crippen molar-refractivity contribution in [2.24, 2.45) is 0 Å². The molecule has 7 nitrogen and oxygen atoms in total. The number of pyridine rings is 1. The Morgan fingerprint density at radius 1 is 1.00 bits per heavy atom. The molecule has 0 fully saturated rings. The van der Waals surface area contributed by atoms with Gasteiger partial charge in [0.05, 0.1) is 30.5 Å². The van der Waals surface area contributed by atoms with Crippen LogP contribution in [0.15, 0.2) is 84.1 Å². The molecule has 0 saturated carbocycles. The van der Waals surface area contributed by atoms with Gasteiger partial charge < -0.3 is 14.5 Å². The van der Waals surface area contributed by atoms with Crippen LogP contribution in [0.2, 0.25) is 0 Å². The Morgan fingerprint density at radius 3 is 2.75 bits per heavy atom. The fourth-order valence-electron chi connectivity index (χ4n) is 2.63. The molecule has 1 amide bonds. The second-order valence-electron chi connectivity index (χ2n) is 5.84. The molecule has 0 aliphatic carbocycles. The fraction of sp³-hybridized carbons (Fsp3) is 0.0476. The third kappa shape index (κ3) is 4.04. The maximum Gasteiger partial charge on any atom is 0.251 e. The van der Waals surface area contributed by atoms with E-state index in [2.05, 4.69) is 20.3 Å². The van der Waals surface area contributed by atoms with Gasteiger partial charge in [-0.05, 0) is 30.3 Å². The zero-order valence-corrected chi connectivity index (χ0v) is 14.8. The lowest BCUT2D eigenvalue weighted by Crippen LogP contribution is -2.23. The maximum absolute atomic E-state index is 12.6. The summed E-state index contributed by atoms with van der Waals surface area (Å²) >= 11 is 0. The average Bonchev–Trinajstić information content (AvgIpc) is 3.28. The summed E-state index contributed by atoms with van der Waals surface area (Å²) in [7, 11) is 0. The number of aromatic nitrogens is 3. The Balaban J connectivity index is 1.46. The minimum Gasteiger partial charge on any atom is -0.472 e. The molecule has 0 bridgehead atoms. The highest BCUT2D eigenvalue weighted by molar-refractivity contribution is 5.94. The highest BCUT2D eigenvalue weighted by atomic mass is 16.5. The number of carbonyl (C=O) groups is 1. The minimum absolute atomic E-state index is 0.235. The van der Waals surface area contributed by atoms with Crippen molar-refractivity contribution >= 4 is 5.91 Å². The van der Waals surface area contributed by atoms with Crippen molar-refractivity contribution in [2.45, 2.75) is 6.54 Å². The van der Waals surface area contributed by atoms with Crippen LogP contribution in [0, 0.1) is 0 Å². The van der Waals surface area contributed by atoms with E-state index in [1.165, 1.54) is 0 Å². The van der Waals surface area contributed by atoms with Gasteiger partial charge in [0.1, 0.15) is 5.75 Å². The van der Waals surface area contributed by atoms with Gasteiger partial charge in [-0.25, -0.2) is 4.98 Å². The quantitative estimate of drug-likeness (QED) is 0.553. The molecule has 0 unspecified atom stereocenters. The number of hydrogen-bond acceptors (Lipinski definition) is 6. The van der Waals surface area contributed by atoms with Crippen LogP contribution in [0.3, 0.4) is 0 Å². The van der Waals surface area contributed by atoms with Crippen molar-refractivity contribution in [1.29, 1.82) is 0 Å². The molecule has 3 aromatic heterocycles. The van der Waals surface area contributed by atoms with Gasteiger partial charge in [0.15, 0.2) is 0 Å². The van der Waals surface area contributed by atoms with Crippen LogP contribution in [-0.4, -0.2) is 20.9 Å². The second-order valence-corrected chi connectivity index (χ2v) is 5.84. The summed E-state index contributed by atoms with van der Waals surface area (Å²) in [6, 6.07) is 14.1. The molecule has 4 rings (SSSR count). The molecule has 138 valence electrons. The number of nitrogens with one attached hydrogen (secondary N) is 1. The molecule has 28 heavy (non-hydrogen) atoms. The van der Waals surface area contributed by atoms with Crippen LogP contribution < -0.4 is 10.1 Å². The van der Waals surface area contributed by atoms with Crippen molar-refractivity contribution in [3.05, 3.63) is 90.9 Å². The first-order valence-corrected chi connectivity index (χ1v) is 8.59. The number of carbonyl (C=O) groups excluding carboxylic acids is 1. The van der Waals surface area contributed by atoms with Crippen LogP contribution in [0.4, 0.5) is 0 Å². The van der Waals surface area contributed by atoms with Gasteiger partial charge >= 0.3 is 0 Å². The van der Waals surface area contributed by atoms with Crippen LogP contribution >= 0.6 is 0 Å². The average molecular weight is 372 g/mol. The van der Waals surface area contributed by atoms with Crippen molar-refractivity contribution in [3.63, 3.8) is 0 Å². The number of rotatable bonds is 6. The van der Waals surface area contributed by atoms with E-state index in [1.807, 2.05) is 6.07 Å². The molecule has 0 aliphatic rings. The molecule has 0 radical (unpaired) electrons. The van der Waals surface area contributed by atoms with Gasteiger partial charge in [0, 0.05) is 35.8 Å². The Hall–Kier alpha value is -4.00. The molecular weight excluding hydrogens is 356 g/mol. The fourth-order valence-corrected chi connectivity index (χ4v) is 2.63. The zero-order valence-electron chi connectivity index (χ0n) is 14.8. The maximum atomic E-state index is 12.6. The summed E-state index contributed by atoms with van der Waals surface area (Å²) in [6.45, 7) is 0.235. The van der Waals surface area contributed by atoms with E-state index >= 15 is 0 Å². The van der Waals surface area contributed by atoms with E-state index in [0.29, 0.717) is 28.6 Å². The lowest BCUT2D eigenvalue weighted by molar-refractivity contribution is 0.0950. The van der Waals surface area contributed by atoms with Gasteiger partial charge in [0.25, 0.3) is 5.91 Å². The summed E-state index contributed by atoms with van der Waals surface area (Å²) in [5.41, 5.74) is 2.60. The number of benzene rings is 1. The summed E-state index contributed by atoms with van der Waals surface area (Å²) in [6.07, 6.45) is 8.00. The van der Waals surface area contributed by atoms with Gasteiger partial charge in [-0.1, -0.05) is 12.1 Å². The van der Waals surface area contributed by atoms with E-state index in [4.69, 9.17) is 9.15 Å². The summed E-state index contributed by atoms with van der Waals surface area (Å²) in [5, 5.41) is 2.87. The molecule has 0 aliphatic heterocycles. The van der Waals surface area contributed by atoms with Gasteiger partial charge in [-0.15, -0.1) is 0 Å². The Bertz CT molecular complexity index is 1070. The number of amides is 1. The zero-order chi connectivity index (χ0) is 19.2. The largest absolute Gasteiger partial charge is 0.472 e. The van der Waals surface area contributed by atoms with E-state index < -0.39 is 0 Å². The Kier molecular flexibility index (Phi) is 5.06. The van der Waals surface area contributed by atoms with Crippen LogP contribution in [-0.2, 0) is 6.54 Å². The Morgan fingerprint density at radius 2 is 1.93 bits per heavy atom. The molecule has 4 aromatic rings. The standard InChI is InChI=1S/C21H16N4O3/c26-21(15-4-3-5-17(12-15)28-19-6-1-2-8-23-19)25-13-18-20(24-10-9-22-18)16-7-11-27-14-16/h1-12,14H,13H2,(H,25,26). The van der Waals surface area contributed by atoms with E-state index in [-0.39, 0.29) is 12.5 Å². The highest BCUT2D eigenvalue weighted by Gasteiger charge is 2.12. The predicted octanol–water partition coefficient (Wildman–Crippen LogP) is 3.85. The Labute approximate surface area is 161 Å². The first-order chi connectivity index (χ1) is 13.8. The minimum atomic E-state index is -0.240. The van der Waals surface area contributed by atoms with Gasteiger partial charge in [-0.3, -0.25) is 14.8 Å². The number of hydrogen-bond donors (Lipinski definition) is 1. The number of ether oxygens (including phenoxy) is 1. The lowest BCUT2D eigenvalue weighted by Gasteiger charge is -2.09. The van der Waals surface area contributed by atoms with E-state index in [1.54, 1.807) is 73.6 Å². The van der Waals surface area contributed by atoms with Gasteiger partial charge in [-0.2, -0.15) is 0 Å². The molecule has 0 saturated heterocycles. The van der Waals surface area contributed by atoms with E-state index in [0.717, 1.165) is 5.56 Å². The van der Waals surface area contributed by atoms with E-state index in [9.17, 15) is 4.79 Å². The van der Waals surface area contributed by atoms with Gasteiger partial charge in [0.2, 0.25) is 5.88 Å². The van der Waals surface area contributed by atoms with Crippen molar-refractivity contribution in [2.75, 3.05) is 0 Å². The summed E-state index contributed by atoms with van der Waals surface area (Å²) in [5.74, 6) is 0.754. The SMILES string of the molecule is O=C(NCc1nccnc1-c1ccoc1)c1cccc(Oc2ccccn2)c1. The van der Waals surface area contributed by atoms with Crippen LogP contribution in [0.25, 0.3) is 11.3 Å². The smallest absolute Gasteiger partial charge is 0.251 e. The van der Waals surface area contributed by atoms with Crippen molar-refractivity contribution in [3.8, 4) is 22.9 Å². The first-order valence-electron chi connectivity index (χ1n) is 8.59. The van der Waals surface area contributed by atoms with Crippen LogP contribution in [0.1, 0.15) is 16.1 Å². The highest BCUT2D eigenvalue weighted by Crippen LogP contribution is 2.21. The van der Waals surface area contributed by atoms with Crippen LogP contribution in [0.5, 0.6) is 11.6 Å². The normalized spacial score (nSPS) is 10.4. The molecule has 3 heterocycles. The third-order valence-electron chi connectivity index (χ3n) is 3.94. The lowest BCUT2D eigenvalue weighted by atomic mass is 10.1. The number of nitrogens with zero attached hydrogens (tertiary/aromatic N) is 3.